The number of rotatable bonds is 12. The molecule has 5 nitrogen and oxygen atoms in total. The van der Waals surface area contributed by atoms with Gasteiger partial charge in [-0.05, 0) is 46.2 Å². The molecular weight excluding hydrogens is 254 g/mol. The van der Waals surface area contributed by atoms with Gasteiger partial charge in [0, 0.05) is 19.7 Å². The predicted octanol–water partition coefficient (Wildman–Crippen LogP) is 1.37. The first-order valence-corrected chi connectivity index (χ1v) is 7.69. The molecule has 0 heterocycles. The van der Waals surface area contributed by atoms with E-state index >= 15 is 0 Å². The van der Waals surface area contributed by atoms with E-state index in [0.29, 0.717) is 6.04 Å². The summed E-state index contributed by atoms with van der Waals surface area (Å²) in [4.78, 5) is 14.0. The number of amides is 1. The molecule has 0 bridgehead atoms. The number of nitrogens with two attached hydrogens (primary N) is 1. The number of ether oxygens (including phenoxy) is 1. The lowest BCUT2D eigenvalue weighted by Crippen LogP contribution is -2.53. The van der Waals surface area contributed by atoms with E-state index in [0.717, 1.165) is 45.5 Å². The van der Waals surface area contributed by atoms with Crippen LogP contribution >= 0.6 is 0 Å². The fourth-order valence-corrected chi connectivity index (χ4v) is 2.34. The molecule has 2 atom stereocenters. The molecule has 0 rings (SSSR count). The molecule has 3 N–H and O–H groups in total. The molecule has 120 valence electrons. The molecule has 0 saturated heterocycles. The minimum Gasteiger partial charge on any atom is -0.383 e. The van der Waals surface area contributed by atoms with Crippen LogP contribution in [0.5, 0.6) is 0 Å². The molecule has 5 heteroatoms. The monoisotopic (exact) mass is 287 g/mol. The van der Waals surface area contributed by atoms with Gasteiger partial charge in [-0.3, -0.25) is 9.69 Å². The highest BCUT2D eigenvalue weighted by molar-refractivity contribution is 5.84. The largest absolute Gasteiger partial charge is 0.383 e. The van der Waals surface area contributed by atoms with Gasteiger partial charge in [0.25, 0.3) is 0 Å². The molecule has 0 aliphatic heterocycles. The average molecular weight is 287 g/mol. The molecule has 0 aromatic heterocycles. The third-order valence-electron chi connectivity index (χ3n) is 4.03. The molecule has 0 aromatic carbocycles. The minimum atomic E-state index is -0.600. The van der Waals surface area contributed by atoms with E-state index in [2.05, 4.69) is 24.1 Å². The zero-order valence-corrected chi connectivity index (χ0v) is 13.9. The second-order valence-electron chi connectivity index (χ2n) is 5.62. The van der Waals surface area contributed by atoms with Crippen LogP contribution in [0.3, 0.4) is 0 Å². The van der Waals surface area contributed by atoms with Gasteiger partial charge in [0.15, 0.2) is 0 Å². The Bertz CT molecular complexity index is 274. The highest BCUT2D eigenvalue weighted by Gasteiger charge is 2.29. The number of primary amides is 1. The predicted molar refractivity (Wildman–Crippen MR) is 83.7 cm³/mol. The maximum absolute atomic E-state index is 11.6. The van der Waals surface area contributed by atoms with E-state index in [1.165, 1.54) is 0 Å². The second kappa shape index (κ2) is 10.1. The summed E-state index contributed by atoms with van der Waals surface area (Å²) in [5, 5.41) is 3.20. The van der Waals surface area contributed by atoms with Crippen molar-refractivity contribution in [2.45, 2.75) is 58.5 Å². The topological polar surface area (TPSA) is 67.6 Å². The van der Waals surface area contributed by atoms with Gasteiger partial charge in [0.2, 0.25) is 5.91 Å². The third-order valence-corrected chi connectivity index (χ3v) is 4.03. The van der Waals surface area contributed by atoms with E-state index in [1.807, 2.05) is 13.8 Å². The van der Waals surface area contributed by atoms with Crippen molar-refractivity contribution in [1.29, 1.82) is 0 Å². The van der Waals surface area contributed by atoms with Crippen LogP contribution in [-0.4, -0.2) is 55.7 Å². The third kappa shape index (κ3) is 6.68. The van der Waals surface area contributed by atoms with E-state index in [1.54, 1.807) is 7.11 Å². The maximum Gasteiger partial charge on any atom is 0.237 e. The number of hydrogen-bond donors (Lipinski definition) is 2. The first kappa shape index (κ1) is 19.4. The van der Waals surface area contributed by atoms with Crippen LogP contribution < -0.4 is 11.1 Å². The minimum absolute atomic E-state index is 0.272. The number of methoxy groups -OCH3 is 1. The maximum atomic E-state index is 11.6. The fraction of sp³-hybridized carbons (Fsp3) is 0.933. The number of carbonyl (C=O) groups is 1. The van der Waals surface area contributed by atoms with Crippen molar-refractivity contribution in [2.24, 2.45) is 5.73 Å². The Morgan fingerprint density at radius 1 is 1.40 bits per heavy atom. The quantitative estimate of drug-likeness (QED) is 0.569. The average Bonchev–Trinajstić information content (AvgIpc) is 2.41. The summed E-state index contributed by atoms with van der Waals surface area (Å²) in [5.74, 6) is -0.272. The van der Waals surface area contributed by atoms with Crippen molar-refractivity contribution in [3.8, 4) is 0 Å². The van der Waals surface area contributed by atoms with Crippen LogP contribution in [-0.2, 0) is 9.53 Å². The fourth-order valence-electron chi connectivity index (χ4n) is 2.34. The van der Waals surface area contributed by atoms with E-state index in [9.17, 15) is 4.79 Å². The molecule has 0 aromatic rings. The van der Waals surface area contributed by atoms with Crippen LogP contribution in [0.1, 0.15) is 47.0 Å². The normalized spacial score (nSPS) is 16.1. The Hall–Kier alpha value is -0.650. The Morgan fingerprint density at radius 2 is 2.05 bits per heavy atom. The van der Waals surface area contributed by atoms with E-state index in [4.69, 9.17) is 10.5 Å². The Balaban J connectivity index is 4.35. The first-order chi connectivity index (χ1) is 9.41. The smallest absolute Gasteiger partial charge is 0.237 e. The number of nitrogens with one attached hydrogen (secondary N) is 1. The molecule has 2 unspecified atom stereocenters. The van der Waals surface area contributed by atoms with Gasteiger partial charge < -0.3 is 15.8 Å². The Kier molecular flexibility index (Phi) is 9.80. The lowest BCUT2D eigenvalue weighted by molar-refractivity contribution is -0.124. The number of carbonyl (C=O) groups excluding carboxylic acids is 1. The van der Waals surface area contributed by atoms with Crippen molar-refractivity contribution in [1.82, 2.24) is 10.2 Å². The van der Waals surface area contributed by atoms with Crippen molar-refractivity contribution in [3.05, 3.63) is 0 Å². The van der Waals surface area contributed by atoms with E-state index in [-0.39, 0.29) is 5.91 Å². The molecule has 0 fully saturated rings. The standard InChI is InChI=1S/C15H33N3O2/c1-6-13(3)18(11-12-20-5)10-8-9-15(4,14(16)19)17-7-2/h13,17H,6-12H2,1-5H3,(H2,16,19). The zero-order valence-electron chi connectivity index (χ0n) is 13.9. The molecule has 0 radical (unpaired) electrons. The van der Waals surface area contributed by atoms with Crippen LogP contribution in [0, 0.1) is 0 Å². The van der Waals surface area contributed by atoms with Crippen molar-refractivity contribution in [2.75, 3.05) is 33.4 Å². The number of nitrogens with zero attached hydrogens (tertiary/aromatic N) is 1. The molecule has 20 heavy (non-hydrogen) atoms. The van der Waals surface area contributed by atoms with Gasteiger partial charge in [-0.2, -0.15) is 0 Å². The Morgan fingerprint density at radius 3 is 2.50 bits per heavy atom. The van der Waals surface area contributed by atoms with Gasteiger partial charge >= 0.3 is 0 Å². The van der Waals surface area contributed by atoms with Crippen LogP contribution in [0.2, 0.25) is 0 Å². The van der Waals surface area contributed by atoms with Gasteiger partial charge in [-0.15, -0.1) is 0 Å². The molecule has 0 aliphatic rings. The SMILES string of the molecule is CCNC(C)(CCCN(CCOC)C(C)CC)C(N)=O. The van der Waals surface area contributed by atoms with Gasteiger partial charge in [0.05, 0.1) is 12.1 Å². The summed E-state index contributed by atoms with van der Waals surface area (Å²) in [6.45, 7) is 11.7. The molecular formula is C15H33N3O2. The second-order valence-corrected chi connectivity index (χ2v) is 5.62. The van der Waals surface area contributed by atoms with Crippen LogP contribution in [0.25, 0.3) is 0 Å². The Labute approximate surface area is 124 Å². The summed E-state index contributed by atoms with van der Waals surface area (Å²) in [7, 11) is 1.73. The lowest BCUT2D eigenvalue weighted by atomic mass is 9.94. The number of likely N-dealkylation sites (N-methyl/N-ethyl adjacent to an activating group) is 1. The molecule has 1 amide bonds. The van der Waals surface area contributed by atoms with Gasteiger partial charge in [0.1, 0.15) is 0 Å². The van der Waals surface area contributed by atoms with E-state index < -0.39 is 5.54 Å². The first-order valence-electron chi connectivity index (χ1n) is 7.69. The summed E-state index contributed by atoms with van der Waals surface area (Å²) in [5.41, 5.74) is 4.90. The van der Waals surface area contributed by atoms with Crippen molar-refractivity contribution < 1.29 is 9.53 Å². The summed E-state index contributed by atoms with van der Waals surface area (Å²) < 4.78 is 5.16. The molecule has 0 saturated carbocycles. The van der Waals surface area contributed by atoms with Crippen LogP contribution in [0.15, 0.2) is 0 Å². The number of hydrogen-bond acceptors (Lipinski definition) is 4. The highest BCUT2D eigenvalue weighted by atomic mass is 16.5. The van der Waals surface area contributed by atoms with Gasteiger partial charge in [-0.1, -0.05) is 13.8 Å². The lowest BCUT2D eigenvalue weighted by Gasteiger charge is -2.31. The molecule has 0 spiro atoms. The van der Waals surface area contributed by atoms with Crippen LogP contribution in [0.4, 0.5) is 0 Å². The van der Waals surface area contributed by atoms with Crippen molar-refractivity contribution >= 4 is 5.91 Å². The summed E-state index contributed by atoms with van der Waals surface area (Å²) in [6.07, 6.45) is 2.82. The molecule has 0 aliphatic carbocycles. The highest BCUT2D eigenvalue weighted by Crippen LogP contribution is 2.14. The van der Waals surface area contributed by atoms with Gasteiger partial charge in [-0.25, -0.2) is 0 Å². The van der Waals surface area contributed by atoms with Crippen molar-refractivity contribution in [3.63, 3.8) is 0 Å². The summed E-state index contributed by atoms with van der Waals surface area (Å²) in [6, 6.07) is 0.532. The zero-order chi connectivity index (χ0) is 15.6. The summed E-state index contributed by atoms with van der Waals surface area (Å²) >= 11 is 0.